The number of amides is 2. The Balaban J connectivity index is 1.44. The predicted octanol–water partition coefficient (Wildman–Crippen LogP) is 2.65. The molecular weight excluding hydrogens is 475 g/mol. The van der Waals surface area contributed by atoms with Crippen LogP contribution in [0.1, 0.15) is 35.4 Å². The molecule has 0 aliphatic carbocycles. The highest BCUT2D eigenvalue weighted by molar-refractivity contribution is 5.94. The summed E-state index contributed by atoms with van der Waals surface area (Å²) in [4.78, 5) is 24.9. The van der Waals surface area contributed by atoms with E-state index in [0.717, 1.165) is 56.7 Å². The number of methoxy groups -OCH3 is 2. The second-order valence-corrected chi connectivity index (χ2v) is 10.3. The minimum absolute atomic E-state index is 0.0968. The lowest BCUT2D eigenvalue weighted by molar-refractivity contribution is 0.0582. The molecule has 0 saturated carbocycles. The first kappa shape index (κ1) is 25.8. The number of carbonyl (C=O) groups excluding carboxylic acids is 1. The zero-order valence-electron chi connectivity index (χ0n) is 21.9. The van der Waals surface area contributed by atoms with Crippen molar-refractivity contribution < 1.29 is 18.7 Å². The van der Waals surface area contributed by atoms with Gasteiger partial charge in [-0.2, -0.15) is 4.98 Å². The first-order valence-electron chi connectivity index (χ1n) is 13.0. The number of ether oxygens (including phenoxy) is 2. The molecule has 0 radical (unpaired) electrons. The van der Waals surface area contributed by atoms with Crippen LogP contribution >= 0.6 is 0 Å². The zero-order chi connectivity index (χ0) is 26.0. The minimum atomic E-state index is -0.355. The molecule has 4 heterocycles. The van der Waals surface area contributed by atoms with Gasteiger partial charge in [-0.15, -0.1) is 0 Å². The van der Waals surface area contributed by atoms with E-state index in [9.17, 15) is 9.18 Å². The van der Waals surface area contributed by atoms with Gasteiger partial charge in [0.25, 0.3) is 0 Å². The fourth-order valence-electron chi connectivity index (χ4n) is 5.79. The van der Waals surface area contributed by atoms with Crippen molar-refractivity contribution in [2.45, 2.75) is 37.8 Å². The van der Waals surface area contributed by atoms with Gasteiger partial charge in [0.2, 0.25) is 5.88 Å². The van der Waals surface area contributed by atoms with Crippen LogP contribution in [0.2, 0.25) is 0 Å². The Morgan fingerprint density at radius 2 is 1.89 bits per heavy atom. The number of hydrogen-bond donors (Lipinski definition) is 2. The predicted molar refractivity (Wildman–Crippen MR) is 139 cm³/mol. The minimum Gasteiger partial charge on any atom is -0.481 e. The molecule has 3 fully saturated rings. The van der Waals surface area contributed by atoms with E-state index < -0.39 is 0 Å². The summed E-state index contributed by atoms with van der Waals surface area (Å²) < 4.78 is 25.3. The molecule has 3 saturated heterocycles. The monoisotopic (exact) mass is 512 g/mol. The van der Waals surface area contributed by atoms with Crippen molar-refractivity contribution in [3.8, 4) is 5.88 Å². The third-order valence-corrected chi connectivity index (χ3v) is 8.20. The van der Waals surface area contributed by atoms with Gasteiger partial charge in [0, 0.05) is 57.9 Å². The number of halogens is 1. The van der Waals surface area contributed by atoms with Crippen LogP contribution in [-0.4, -0.2) is 86.4 Å². The van der Waals surface area contributed by atoms with E-state index in [0.29, 0.717) is 37.0 Å². The van der Waals surface area contributed by atoms with Gasteiger partial charge in [0.05, 0.1) is 25.8 Å². The lowest BCUT2D eigenvalue weighted by Gasteiger charge is -2.44. The number of hydrogen-bond acceptors (Lipinski definition) is 7. The Kier molecular flexibility index (Phi) is 7.62. The van der Waals surface area contributed by atoms with Gasteiger partial charge < -0.3 is 19.3 Å². The number of pyridine rings is 1. The Hall–Kier alpha value is -2.79. The average molecular weight is 513 g/mol. The van der Waals surface area contributed by atoms with E-state index in [1.807, 2.05) is 23.1 Å². The largest absolute Gasteiger partial charge is 0.481 e. The molecule has 1 aromatic heterocycles. The number of rotatable bonds is 8. The van der Waals surface area contributed by atoms with E-state index in [1.54, 1.807) is 32.1 Å². The molecule has 37 heavy (non-hydrogen) atoms. The van der Waals surface area contributed by atoms with Gasteiger partial charge in [0.15, 0.2) is 0 Å². The highest BCUT2D eigenvalue weighted by Crippen LogP contribution is 2.40. The Morgan fingerprint density at radius 1 is 1.14 bits per heavy atom. The van der Waals surface area contributed by atoms with Crippen LogP contribution in [0.4, 0.5) is 15.0 Å². The molecule has 0 unspecified atom stereocenters. The summed E-state index contributed by atoms with van der Waals surface area (Å²) in [6.45, 7) is 7.59. The van der Waals surface area contributed by atoms with Crippen LogP contribution in [0, 0.1) is 12.7 Å². The number of carbonyl (C=O) groups is 1. The third kappa shape index (κ3) is 5.03. The van der Waals surface area contributed by atoms with Gasteiger partial charge in [-0.05, 0) is 49.1 Å². The molecule has 1 aromatic carbocycles. The van der Waals surface area contributed by atoms with Crippen molar-refractivity contribution in [2.75, 3.05) is 65.0 Å². The van der Waals surface area contributed by atoms with Crippen LogP contribution < -0.4 is 20.5 Å². The molecule has 1 spiro atoms. The maximum Gasteiger partial charge on any atom is 0.326 e. The number of hydrazine groups is 1. The van der Waals surface area contributed by atoms with Crippen molar-refractivity contribution in [3.63, 3.8) is 0 Å². The molecule has 5 rings (SSSR count). The number of benzene rings is 1. The Labute approximate surface area is 217 Å². The van der Waals surface area contributed by atoms with Crippen LogP contribution in [0.5, 0.6) is 5.88 Å². The van der Waals surface area contributed by atoms with Gasteiger partial charge in [0.1, 0.15) is 11.6 Å². The lowest BCUT2D eigenvalue weighted by Crippen LogP contribution is -2.54. The van der Waals surface area contributed by atoms with Crippen molar-refractivity contribution in [1.29, 1.82) is 0 Å². The fourth-order valence-corrected chi connectivity index (χ4v) is 5.79. The molecule has 10 heteroatoms. The summed E-state index contributed by atoms with van der Waals surface area (Å²) in [6.07, 6.45) is 1.67. The van der Waals surface area contributed by atoms with Gasteiger partial charge >= 0.3 is 6.03 Å². The number of aromatic nitrogens is 1. The highest BCUT2D eigenvalue weighted by atomic mass is 19.1. The molecule has 3 aliphatic rings. The standard InChI is InChI=1S/C27H37FN6O3/c1-19-20(5-4-6-23(19)28)17-34-26(35)33(18-27(34)9-11-32(12-10-27)13-14-36-2)24-8-7-22(25(31-24)37-3)21-15-29-30-16-21/h4-8,21,29-30H,9-18H2,1-3H3. The topological polar surface area (TPSA) is 82.2 Å². The SMILES string of the molecule is COCCN1CCC2(CC1)CN(c1ccc(C3CNNC3)c(OC)n1)C(=O)N2Cc1cccc(F)c1C. The van der Waals surface area contributed by atoms with Crippen molar-refractivity contribution in [1.82, 2.24) is 25.6 Å². The van der Waals surface area contributed by atoms with E-state index in [2.05, 4.69) is 15.8 Å². The van der Waals surface area contributed by atoms with Gasteiger partial charge in [-0.3, -0.25) is 15.8 Å². The van der Waals surface area contributed by atoms with E-state index in [-0.39, 0.29) is 23.3 Å². The molecule has 0 bridgehead atoms. The average Bonchev–Trinajstić information content (AvgIpc) is 3.54. The maximum absolute atomic E-state index is 14.4. The second kappa shape index (κ2) is 10.9. The number of urea groups is 1. The van der Waals surface area contributed by atoms with Crippen LogP contribution in [-0.2, 0) is 11.3 Å². The number of nitrogens with zero attached hydrogens (tertiary/aromatic N) is 4. The summed E-state index contributed by atoms with van der Waals surface area (Å²) >= 11 is 0. The molecule has 200 valence electrons. The normalized spacial score (nSPS) is 20.4. The van der Waals surface area contributed by atoms with Crippen molar-refractivity contribution in [2.24, 2.45) is 0 Å². The molecule has 2 aromatic rings. The fraction of sp³-hybridized carbons (Fsp3) is 0.556. The first-order valence-corrected chi connectivity index (χ1v) is 13.0. The number of piperidine rings is 1. The van der Waals surface area contributed by atoms with Gasteiger partial charge in [-0.25, -0.2) is 9.18 Å². The Morgan fingerprint density at radius 3 is 2.59 bits per heavy atom. The summed E-state index contributed by atoms with van der Waals surface area (Å²) in [5, 5.41) is 0. The number of anilines is 1. The van der Waals surface area contributed by atoms with Crippen molar-refractivity contribution in [3.05, 3.63) is 52.8 Å². The van der Waals surface area contributed by atoms with E-state index >= 15 is 0 Å². The summed E-state index contributed by atoms with van der Waals surface area (Å²) in [5.74, 6) is 1.14. The summed E-state index contributed by atoms with van der Waals surface area (Å²) in [6, 6.07) is 8.94. The Bertz CT molecular complexity index is 1120. The molecule has 3 aliphatic heterocycles. The van der Waals surface area contributed by atoms with E-state index in [4.69, 9.17) is 14.5 Å². The number of nitrogens with one attached hydrogen (secondary N) is 2. The molecular formula is C27H37FN6O3. The highest BCUT2D eigenvalue weighted by Gasteiger charge is 2.51. The molecule has 2 amide bonds. The van der Waals surface area contributed by atoms with Crippen LogP contribution in [0.15, 0.2) is 30.3 Å². The summed E-state index contributed by atoms with van der Waals surface area (Å²) in [5.41, 5.74) is 8.38. The van der Waals surface area contributed by atoms with Crippen LogP contribution in [0.25, 0.3) is 0 Å². The second-order valence-electron chi connectivity index (χ2n) is 10.3. The first-order chi connectivity index (χ1) is 18.0. The third-order valence-electron chi connectivity index (χ3n) is 8.20. The molecule has 2 N–H and O–H groups in total. The number of likely N-dealkylation sites (tertiary alicyclic amines) is 1. The quantitative estimate of drug-likeness (QED) is 0.563. The maximum atomic E-state index is 14.4. The van der Waals surface area contributed by atoms with E-state index in [1.165, 1.54) is 6.07 Å². The van der Waals surface area contributed by atoms with Crippen LogP contribution in [0.3, 0.4) is 0 Å². The smallest absolute Gasteiger partial charge is 0.326 e. The molecule has 0 atom stereocenters. The van der Waals surface area contributed by atoms with Gasteiger partial charge in [-0.1, -0.05) is 12.1 Å². The summed E-state index contributed by atoms with van der Waals surface area (Å²) in [7, 11) is 3.34. The molecule has 9 nitrogen and oxygen atoms in total. The van der Waals surface area contributed by atoms with Crippen molar-refractivity contribution >= 4 is 11.8 Å². The lowest BCUT2D eigenvalue weighted by atomic mass is 9.86. The zero-order valence-corrected chi connectivity index (χ0v) is 21.9.